The summed E-state index contributed by atoms with van der Waals surface area (Å²) < 4.78 is 17.9. The number of nitrogens with zero attached hydrogens (tertiary/aromatic N) is 2. The van der Waals surface area contributed by atoms with E-state index in [4.69, 9.17) is 14.2 Å². The van der Waals surface area contributed by atoms with E-state index in [0.717, 1.165) is 5.56 Å². The van der Waals surface area contributed by atoms with Crippen LogP contribution < -0.4 is 30.4 Å². The smallest absolute Gasteiger partial charge is 0.323 e. The molecule has 4 rings (SSSR count). The largest absolute Gasteiger partial charge is 0.497 e. The third kappa shape index (κ3) is 5.09. The number of ether oxygens (including phenoxy) is 3. The molecule has 0 spiro atoms. The van der Waals surface area contributed by atoms with Crippen molar-refractivity contribution in [3.05, 3.63) is 88.5 Å². The molecule has 2 aromatic carbocycles. The molecule has 0 bridgehead atoms. The Morgan fingerprint density at radius 2 is 1.71 bits per heavy atom. The van der Waals surface area contributed by atoms with Gasteiger partial charge in [0.05, 0.1) is 31.3 Å². The summed E-state index contributed by atoms with van der Waals surface area (Å²) in [7, 11) is 3.06. The third-order valence-corrected chi connectivity index (χ3v) is 5.04. The number of rotatable bonds is 7. The summed E-state index contributed by atoms with van der Waals surface area (Å²) >= 11 is 0. The molecule has 2 N–H and O–H groups in total. The van der Waals surface area contributed by atoms with E-state index in [2.05, 4.69) is 15.6 Å². The van der Waals surface area contributed by atoms with Gasteiger partial charge in [-0.3, -0.25) is 9.20 Å². The van der Waals surface area contributed by atoms with E-state index in [9.17, 15) is 9.59 Å². The first-order valence-electron chi connectivity index (χ1n) is 10.5. The predicted molar refractivity (Wildman–Crippen MR) is 129 cm³/mol. The fraction of sp³-hybridized carbons (Fsp3) is 0.160. The zero-order valence-corrected chi connectivity index (χ0v) is 19.0. The van der Waals surface area contributed by atoms with Crippen LogP contribution in [0, 0.1) is 6.92 Å². The number of aryl methyl sites for hydroxylation is 1. The lowest BCUT2D eigenvalue weighted by Gasteiger charge is -2.15. The molecule has 0 unspecified atom stereocenters. The van der Waals surface area contributed by atoms with Crippen LogP contribution in [0.2, 0.25) is 0 Å². The van der Waals surface area contributed by atoms with Crippen molar-refractivity contribution in [3.63, 3.8) is 0 Å². The summed E-state index contributed by atoms with van der Waals surface area (Å²) in [6.45, 7) is 2.00. The molecule has 2 amide bonds. The molecule has 0 fully saturated rings. The number of urea groups is 1. The van der Waals surface area contributed by atoms with Crippen molar-refractivity contribution in [1.29, 1.82) is 0 Å². The molecule has 0 atom stereocenters. The first kappa shape index (κ1) is 22.7. The standard InChI is InChI=1S/C25H24N4O5/c1-16-10-11-29-23(12-16)26-17(13-24(29)30)15-34-21-7-5-4-6-19(21)27-25(31)28-20-9-8-18(32-2)14-22(20)33-3/h4-14H,15H2,1-3H3,(H2,27,28,31). The Balaban J connectivity index is 1.48. The average molecular weight is 460 g/mol. The molecule has 0 radical (unpaired) electrons. The van der Waals surface area contributed by atoms with Crippen LogP contribution >= 0.6 is 0 Å². The quantitative estimate of drug-likeness (QED) is 0.428. The molecular formula is C25H24N4O5. The topological polar surface area (TPSA) is 103 Å². The van der Waals surface area contributed by atoms with Crippen LogP contribution in [0.4, 0.5) is 16.2 Å². The number of anilines is 2. The second-order valence-corrected chi connectivity index (χ2v) is 7.45. The van der Waals surface area contributed by atoms with Gasteiger partial charge in [-0.1, -0.05) is 12.1 Å². The Bertz CT molecular complexity index is 1400. The van der Waals surface area contributed by atoms with Crippen LogP contribution in [0.1, 0.15) is 11.3 Å². The zero-order valence-electron chi connectivity index (χ0n) is 19.0. The molecule has 4 aromatic rings. The van der Waals surface area contributed by atoms with Gasteiger partial charge >= 0.3 is 6.03 Å². The van der Waals surface area contributed by atoms with E-state index in [1.54, 1.807) is 55.8 Å². The molecule has 174 valence electrons. The number of methoxy groups -OCH3 is 2. The number of hydrogen-bond acceptors (Lipinski definition) is 6. The molecular weight excluding hydrogens is 436 g/mol. The Kier molecular flexibility index (Phi) is 6.63. The SMILES string of the molecule is COc1ccc(NC(=O)Nc2ccccc2OCc2cc(=O)n3ccc(C)cc3n2)c(OC)c1. The van der Waals surface area contributed by atoms with Gasteiger partial charge in [-0.05, 0) is 48.9 Å². The first-order valence-corrected chi connectivity index (χ1v) is 10.5. The third-order valence-electron chi connectivity index (χ3n) is 5.04. The van der Waals surface area contributed by atoms with Gasteiger partial charge in [0.15, 0.2) is 0 Å². The van der Waals surface area contributed by atoms with Crippen LogP contribution in [0.5, 0.6) is 17.2 Å². The van der Waals surface area contributed by atoms with Crippen molar-refractivity contribution in [2.45, 2.75) is 13.5 Å². The van der Waals surface area contributed by atoms with Crippen molar-refractivity contribution in [1.82, 2.24) is 9.38 Å². The number of nitrogens with one attached hydrogen (secondary N) is 2. The molecule has 0 aliphatic rings. The highest BCUT2D eigenvalue weighted by Gasteiger charge is 2.12. The minimum absolute atomic E-state index is 0.0618. The maximum Gasteiger partial charge on any atom is 0.323 e. The van der Waals surface area contributed by atoms with E-state index < -0.39 is 6.03 Å². The van der Waals surface area contributed by atoms with Crippen LogP contribution in [0.25, 0.3) is 5.65 Å². The number of aromatic nitrogens is 2. The van der Waals surface area contributed by atoms with Crippen LogP contribution in [0.15, 0.2) is 71.7 Å². The maximum atomic E-state index is 12.6. The number of para-hydroxylation sites is 2. The number of carbonyl (C=O) groups is 1. The number of benzene rings is 2. The highest BCUT2D eigenvalue weighted by atomic mass is 16.5. The van der Waals surface area contributed by atoms with Crippen LogP contribution in [0.3, 0.4) is 0 Å². The molecule has 9 nitrogen and oxygen atoms in total. The second-order valence-electron chi connectivity index (χ2n) is 7.45. The van der Waals surface area contributed by atoms with Crippen molar-refractivity contribution in [2.24, 2.45) is 0 Å². The van der Waals surface area contributed by atoms with Gasteiger partial charge in [-0.25, -0.2) is 9.78 Å². The van der Waals surface area contributed by atoms with Crippen molar-refractivity contribution in [3.8, 4) is 17.2 Å². The van der Waals surface area contributed by atoms with E-state index in [1.807, 2.05) is 19.1 Å². The minimum atomic E-state index is -0.475. The van der Waals surface area contributed by atoms with Gasteiger partial charge in [0.2, 0.25) is 0 Å². The van der Waals surface area contributed by atoms with Crippen molar-refractivity contribution in [2.75, 3.05) is 24.9 Å². The fourth-order valence-corrected chi connectivity index (χ4v) is 3.35. The first-order chi connectivity index (χ1) is 16.5. The van der Waals surface area contributed by atoms with Gasteiger partial charge in [0, 0.05) is 18.3 Å². The van der Waals surface area contributed by atoms with Gasteiger partial charge in [-0.2, -0.15) is 0 Å². The van der Waals surface area contributed by atoms with Gasteiger partial charge in [0.25, 0.3) is 5.56 Å². The average Bonchev–Trinajstić information content (AvgIpc) is 2.83. The lowest BCUT2D eigenvalue weighted by atomic mass is 10.2. The lowest BCUT2D eigenvalue weighted by Crippen LogP contribution is -2.20. The number of amides is 2. The van der Waals surface area contributed by atoms with E-state index in [0.29, 0.717) is 40.0 Å². The molecule has 0 saturated heterocycles. The Morgan fingerprint density at radius 1 is 0.941 bits per heavy atom. The minimum Gasteiger partial charge on any atom is -0.497 e. The fourth-order valence-electron chi connectivity index (χ4n) is 3.35. The molecule has 0 saturated carbocycles. The summed E-state index contributed by atoms with van der Waals surface area (Å²) in [4.78, 5) is 29.5. The van der Waals surface area contributed by atoms with Gasteiger partial charge < -0.3 is 24.8 Å². The normalized spacial score (nSPS) is 10.6. The summed E-state index contributed by atoms with van der Waals surface area (Å²) in [5.74, 6) is 1.51. The van der Waals surface area contributed by atoms with Crippen molar-refractivity contribution >= 4 is 23.1 Å². The van der Waals surface area contributed by atoms with Crippen LogP contribution in [-0.4, -0.2) is 29.6 Å². The molecule has 34 heavy (non-hydrogen) atoms. The van der Waals surface area contributed by atoms with Gasteiger partial charge in [-0.15, -0.1) is 0 Å². The zero-order chi connectivity index (χ0) is 24.1. The molecule has 0 aliphatic heterocycles. The lowest BCUT2D eigenvalue weighted by molar-refractivity contribution is 0.261. The highest BCUT2D eigenvalue weighted by Crippen LogP contribution is 2.30. The Hall–Kier alpha value is -4.53. The number of hydrogen-bond donors (Lipinski definition) is 2. The summed E-state index contributed by atoms with van der Waals surface area (Å²) in [5.41, 5.74) is 2.78. The maximum absolute atomic E-state index is 12.6. The van der Waals surface area contributed by atoms with E-state index in [1.165, 1.54) is 17.6 Å². The van der Waals surface area contributed by atoms with Crippen LogP contribution in [-0.2, 0) is 6.61 Å². The predicted octanol–water partition coefficient (Wildman–Crippen LogP) is 4.24. The molecule has 0 aliphatic carbocycles. The summed E-state index contributed by atoms with van der Waals surface area (Å²) in [6, 6.07) is 16.7. The monoisotopic (exact) mass is 460 g/mol. The van der Waals surface area contributed by atoms with Gasteiger partial charge in [0.1, 0.15) is 29.5 Å². The summed E-state index contributed by atoms with van der Waals surface area (Å²) in [6.07, 6.45) is 1.69. The highest BCUT2D eigenvalue weighted by molar-refractivity contribution is 6.01. The number of pyridine rings is 1. The van der Waals surface area contributed by atoms with Crippen molar-refractivity contribution < 1.29 is 19.0 Å². The Labute approximate surface area is 195 Å². The second kappa shape index (κ2) is 9.95. The molecule has 2 heterocycles. The molecule has 2 aromatic heterocycles. The van der Waals surface area contributed by atoms with E-state index >= 15 is 0 Å². The molecule has 9 heteroatoms. The summed E-state index contributed by atoms with van der Waals surface area (Å²) in [5, 5.41) is 5.53. The number of fused-ring (bicyclic) bond motifs is 1. The Morgan fingerprint density at radius 3 is 2.47 bits per heavy atom. The van der Waals surface area contributed by atoms with E-state index in [-0.39, 0.29) is 12.2 Å². The number of carbonyl (C=O) groups excluding carboxylic acids is 1.